The molecule has 0 aliphatic rings. The van der Waals surface area contributed by atoms with E-state index in [2.05, 4.69) is 6.07 Å². The molecule has 2 heteroatoms. The van der Waals surface area contributed by atoms with Gasteiger partial charge in [-0.25, -0.2) is 0 Å². The Labute approximate surface area is 108 Å². The summed E-state index contributed by atoms with van der Waals surface area (Å²) >= 11 is 0. The highest BCUT2D eigenvalue weighted by Gasteiger charge is 2.27. The lowest BCUT2D eigenvalue weighted by molar-refractivity contribution is -0.144. The number of ether oxygens (including phenoxy) is 1. The Morgan fingerprint density at radius 1 is 1.28 bits per heavy atom. The fourth-order valence-corrected chi connectivity index (χ4v) is 1.59. The van der Waals surface area contributed by atoms with E-state index in [1.807, 2.05) is 57.2 Å². The Bertz CT molecular complexity index is 565. The molecule has 0 bridgehead atoms. The van der Waals surface area contributed by atoms with Gasteiger partial charge in [0.05, 0.1) is 5.41 Å². The number of carbonyl (C=O) groups excluding carboxylic acids is 1. The first kappa shape index (κ1) is 12.6. The van der Waals surface area contributed by atoms with Crippen molar-refractivity contribution in [1.82, 2.24) is 0 Å². The number of esters is 1. The van der Waals surface area contributed by atoms with E-state index in [4.69, 9.17) is 4.74 Å². The van der Waals surface area contributed by atoms with Crippen molar-refractivity contribution < 1.29 is 9.53 Å². The van der Waals surface area contributed by atoms with Gasteiger partial charge in [0.15, 0.2) is 0 Å². The summed E-state index contributed by atoms with van der Waals surface area (Å²) in [7, 11) is 0. The number of benzene rings is 2. The van der Waals surface area contributed by atoms with Crippen molar-refractivity contribution in [2.75, 3.05) is 0 Å². The highest BCUT2D eigenvalue weighted by Crippen LogP contribution is 2.28. The molecule has 2 aromatic carbocycles. The predicted octanol–water partition coefficient (Wildman–Crippen LogP) is 3.98. The molecule has 2 nitrogen and oxygen atoms in total. The van der Waals surface area contributed by atoms with Crippen LogP contribution in [0, 0.1) is 11.5 Å². The summed E-state index contributed by atoms with van der Waals surface area (Å²) in [4.78, 5) is 12.1. The largest absolute Gasteiger partial charge is 0.425 e. The fourth-order valence-electron chi connectivity index (χ4n) is 1.59. The van der Waals surface area contributed by atoms with E-state index >= 15 is 0 Å². The van der Waals surface area contributed by atoms with Crippen LogP contribution in [0.15, 0.2) is 36.4 Å². The summed E-state index contributed by atoms with van der Waals surface area (Å²) in [5.74, 6) is 0.384. The molecule has 0 aromatic heterocycles. The molecule has 2 aromatic rings. The SMILES string of the molecule is CCC(C)(C)C(=O)Oc1cccc2ccc[c]c12. The highest BCUT2D eigenvalue weighted by atomic mass is 16.5. The van der Waals surface area contributed by atoms with Crippen LogP contribution in [0.2, 0.25) is 0 Å². The van der Waals surface area contributed by atoms with E-state index in [1.165, 1.54) is 0 Å². The van der Waals surface area contributed by atoms with Gasteiger partial charge in [-0.1, -0.05) is 37.3 Å². The summed E-state index contributed by atoms with van der Waals surface area (Å²) in [5.41, 5.74) is -0.461. The third kappa shape index (κ3) is 2.37. The van der Waals surface area contributed by atoms with Crippen LogP contribution in [-0.2, 0) is 4.79 Å². The highest BCUT2D eigenvalue weighted by molar-refractivity contribution is 5.90. The Hall–Kier alpha value is -1.83. The van der Waals surface area contributed by atoms with E-state index in [0.717, 1.165) is 17.2 Å². The lowest BCUT2D eigenvalue weighted by Gasteiger charge is -2.20. The van der Waals surface area contributed by atoms with Crippen LogP contribution in [-0.4, -0.2) is 5.97 Å². The van der Waals surface area contributed by atoms with Gasteiger partial charge in [0.2, 0.25) is 0 Å². The van der Waals surface area contributed by atoms with Crippen LogP contribution in [0.25, 0.3) is 10.8 Å². The molecule has 0 N–H and O–H groups in total. The van der Waals surface area contributed by atoms with Crippen molar-refractivity contribution >= 4 is 16.7 Å². The van der Waals surface area contributed by atoms with E-state index < -0.39 is 5.41 Å². The first-order chi connectivity index (χ1) is 8.54. The summed E-state index contributed by atoms with van der Waals surface area (Å²) in [5, 5.41) is 1.87. The van der Waals surface area contributed by atoms with Crippen LogP contribution in [0.3, 0.4) is 0 Å². The summed E-state index contributed by atoms with van der Waals surface area (Å²) in [6.45, 7) is 5.77. The molecule has 0 spiro atoms. The Morgan fingerprint density at radius 2 is 2.00 bits per heavy atom. The van der Waals surface area contributed by atoms with Crippen molar-refractivity contribution in [3.8, 4) is 5.75 Å². The number of rotatable bonds is 3. The van der Waals surface area contributed by atoms with Gasteiger partial charge in [-0.3, -0.25) is 4.79 Å². The van der Waals surface area contributed by atoms with Crippen LogP contribution in [0.5, 0.6) is 5.75 Å². The normalized spacial score (nSPS) is 11.5. The molecule has 0 saturated heterocycles. The number of fused-ring (bicyclic) bond motifs is 1. The molecule has 0 unspecified atom stereocenters. The van der Waals surface area contributed by atoms with Gasteiger partial charge in [-0.05, 0) is 37.8 Å². The van der Waals surface area contributed by atoms with Crippen LogP contribution in [0.1, 0.15) is 27.2 Å². The molecule has 0 aliphatic carbocycles. The molecule has 2 rings (SSSR count). The zero-order chi connectivity index (χ0) is 13.2. The molecular weight excluding hydrogens is 224 g/mol. The van der Waals surface area contributed by atoms with Crippen molar-refractivity contribution in [2.24, 2.45) is 5.41 Å². The lowest BCUT2D eigenvalue weighted by atomic mass is 9.91. The minimum atomic E-state index is -0.461. The zero-order valence-electron chi connectivity index (χ0n) is 11.0. The monoisotopic (exact) mass is 241 g/mol. The lowest BCUT2D eigenvalue weighted by Crippen LogP contribution is -2.28. The van der Waals surface area contributed by atoms with Crippen molar-refractivity contribution in [1.29, 1.82) is 0 Å². The van der Waals surface area contributed by atoms with Gasteiger partial charge < -0.3 is 4.74 Å². The minimum absolute atomic E-state index is 0.199. The molecular formula is C16H17O2. The average Bonchev–Trinajstić information content (AvgIpc) is 2.39. The smallest absolute Gasteiger partial charge is 0.316 e. The molecule has 1 radical (unpaired) electrons. The third-order valence-electron chi connectivity index (χ3n) is 3.30. The van der Waals surface area contributed by atoms with Crippen molar-refractivity contribution in [3.05, 3.63) is 42.5 Å². The van der Waals surface area contributed by atoms with Gasteiger partial charge in [-0.15, -0.1) is 0 Å². The van der Waals surface area contributed by atoms with Crippen molar-refractivity contribution in [3.63, 3.8) is 0 Å². The maximum atomic E-state index is 12.1. The Balaban J connectivity index is 2.36. The first-order valence-electron chi connectivity index (χ1n) is 6.16. The molecule has 0 heterocycles. The molecule has 0 atom stereocenters. The minimum Gasteiger partial charge on any atom is -0.425 e. The first-order valence-corrected chi connectivity index (χ1v) is 6.16. The molecule has 0 saturated carbocycles. The standard InChI is InChI=1S/C16H17O2/c1-4-16(2,3)15(17)18-14-11-7-9-12-8-5-6-10-13(12)14/h5-9,11H,4H2,1-3H3. The van der Waals surface area contributed by atoms with Gasteiger partial charge in [0.1, 0.15) is 5.75 Å². The quantitative estimate of drug-likeness (QED) is 0.600. The van der Waals surface area contributed by atoms with E-state index in [9.17, 15) is 4.79 Å². The molecule has 18 heavy (non-hydrogen) atoms. The summed E-state index contributed by atoms with van der Waals surface area (Å²) < 4.78 is 5.51. The molecule has 93 valence electrons. The fraction of sp³-hybridized carbons (Fsp3) is 0.312. The maximum absolute atomic E-state index is 12.1. The third-order valence-corrected chi connectivity index (χ3v) is 3.30. The topological polar surface area (TPSA) is 26.3 Å². The van der Waals surface area contributed by atoms with E-state index in [0.29, 0.717) is 5.75 Å². The Kier molecular flexibility index (Phi) is 3.37. The summed E-state index contributed by atoms with van der Waals surface area (Å²) in [6, 6.07) is 14.5. The second-order valence-electron chi connectivity index (χ2n) is 5.02. The summed E-state index contributed by atoms with van der Waals surface area (Å²) in [6.07, 6.45) is 0.750. The van der Waals surface area contributed by atoms with Crippen LogP contribution < -0.4 is 4.74 Å². The van der Waals surface area contributed by atoms with Gasteiger partial charge in [-0.2, -0.15) is 0 Å². The van der Waals surface area contributed by atoms with Gasteiger partial charge in [0.25, 0.3) is 0 Å². The number of hydrogen-bond donors (Lipinski definition) is 0. The van der Waals surface area contributed by atoms with Crippen LogP contribution in [0.4, 0.5) is 0 Å². The van der Waals surface area contributed by atoms with E-state index in [1.54, 1.807) is 0 Å². The molecule has 0 amide bonds. The van der Waals surface area contributed by atoms with Crippen molar-refractivity contribution in [2.45, 2.75) is 27.2 Å². The predicted molar refractivity (Wildman–Crippen MR) is 72.5 cm³/mol. The second-order valence-corrected chi connectivity index (χ2v) is 5.02. The zero-order valence-corrected chi connectivity index (χ0v) is 11.0. The second kappa shape index (κ2) is 4.81. The Morgan fingerprint density at radius 3 is 2.72 bits per heavy atom. The van der Waals surface area contributed by atoms with Gasteiger partial charge >= 0.3 is 5.97 Å². The van der Waals surface area contributed by atoms with Gasteiger partial charge in [0, 0.05) is 5.39 Å². The number of hydrogen-bond acceptors (Lipinski definition) is 2. The molecule has 0 aliphatic heterocycles. The average molecular weight is 241 g/mol. The number of carbonyl (C=O) groups is 1. The van der Waals surface area contributed by atoms with E-state index in [-0.39, 0.29) is 5.97 Å². The molecule has 0 fully saturated rings. The van der Waals surface area contributed by atoms with Crippen LogP contribution >= 0.6 is 0 Å². The maximum Gasteiger partial charge on any atom is 0.316 e.